The average Bonchev–Trinajstić information content (AvgIpc) is 3.09. The lowest BCUT2D eigenvalue weighted by atomic mass is 9.79. The highest BCUT2D eigenvalue weighted by molar-refractivity contribution is 7.93. The molecular formula is C22H21ClFNO4S. The molecule has 8 heteroatoms. The number of fused-ring (bicyclic) bond motifs is 3. The molecule has 1 aliphatic rings. The van der Waals surface area contributed by atoms with Gasteiger partial charge in [0.15, 0.2) is 14.6 Å². The van der Waals surface area contributed by atoms with E-state index in [2.05, 4.69) is 4.98 Å². The van der Waals surface area contributed by atoms with Gasteiger partial charge in [0, 0.05) is 21.6 Å². The summed E-state index contributed by atoms with van der Waals surface area (Å²) in [6.07, 6.45) is 1.46. The van der Waals surface area contributed by atoms with Gasteiger partial charge < -0.3 is 9.72 Å². The van der Waals surface area contributed by atoms with E-state index in [4.69, 9.17) is 16.3 Å². The molecular weight excluding hydrogens is 429 g/mol. The van der Waals surface area contributed by atoms with Crippen LogP contribution in [-0.4, -0.2) is 31.2 Å². The van der Waals surface area contributed by atoms with E-state index < -0.39 is 32.3 Å². The van der Waals surface area contributed by atoms with Crippen LogP contribution in [0, 0.1) is 11.7 Å². The summed E-state index contributed by atoms with van der Waals surface area (Å²) in [5.41, 5.74) is 2.91. The molecule has 0 saturated carbocycles. The summed E-state index contributed by atoms with van der Waals surface area (Å²) in [4.78, 5) is 16.1. The molecule has 1 heterocycles. The second-order valence-corrected chi connectivity index (χ2v) is 10.5. The normalized spacial score (nSPS) is 18.6. The van der Waals surface area contributed by atoms with Gasteiger partial charge in [-0.05, 0) is 80.1 Å². The minimum Gasteiger partial charge on any atom is -0.468 e. The molecule has 0 amide bonds. The third-order valence-corrected chi connectivity index (χ3v) is 8.95. The molecule has 1 N–H and O–H groups in total. The third kappa shape index (κ3) is 3.11. The fourth-order valence-corrected chi connectivity index (χ4v) is 6.53. The Morgan fingerprint density at radius 3 is 2.60 bits per heavy atom. The van der Waals surface area contributed by atoms with Gasteiger partial charge in [-0.25, -0.2) is 12.8 Å². The molecule has 0 saturated heterocycles. The van der Waals surface area contributed by atoms with Crippen LogP contribution in [0.5, 0.6) is 0 Å². The van der Waals surface area contributed by atoms with Gasteiger partial charge in [0.05, 0.1) is 12.0 Å². The summed E-state index contributed by atoms with van der Waals surface area (Å²) >= 11 is 6.14. The first kappa shape index (κ1) is 20.9. The van der Waals surface area contributed by atoms with Crippen LogP contribution in [-0.2, 0) is 32.2 Å². The number of esters is 1. The van der Waals surface area contributed by atoms with Crippen LogP contribution in [0.2, 0.25) is 5.02 Å². The predicted molar refractivity (Wildman–Crippen MR) is 113 cm³/mol. The molecule has 3 aromatic rings. The number of methoxy groups -OCH3 is 1. The quantitative estimate of drug-likeness (QED) is 0.471. The Kier molecular flexibility index (Phi) is 5.14. The van der Waals surface area contributed by atoms with Crippen LogP contribution in [0.4, 0.5) is 4.39 Å². The number of carbonyl (C=O) groups excluding carboxylic acids is 1. The Morgan fingerprint density at radius 2 is 1.93 bits per heavy atom. The first-order valence-corrected chi connectivity index (χ1v) is 11.4. The Morgan fingerprint density at radius 1 is 1.23 bits per heavy atom. The van der Waals surface area contributed by atoms with Gasteiger partial charge in [0.25, 0.3) is 0 Å². The highest BCUT2D eigenvalue weighted by atomic mass is 35.5. The first-order valence-electron chi connectivity index (χ1n) is 9.56. The molecule has 2 aromatic carbocycles. The summed E-state index contributed by atoms with van der Waals surface area (Å²) in [6, 6.07) is 10.1. The van der Waals surface area contributed by atoms with Crippen LogP contribution in [0.15, 0.2) is 47.4 Å². The molecule has 2 atom stereocenters. The van der Waals surface area contributed by atoms with Gasteiger partial charge in [-0.15, -0.1) is 0 Å². The fourth-order valence-electron chi connectivity index (χ4n) is 4.43. The second kappa shape index (κ2) is 7.39. The number of hydrogen-bond donors (Lipinski definition) is 1. The van der Waals surface area contributed by atoms with E-state index in [1.54, 1.807) is 6.07 Å². The van der Waals surface area contributed by atoms with Gasteiger partial charge in [0.2, 0.25) is 0 Å². The zero-order chi connectivity index (χ0) is 21.7. The number of ether oxygens (including phenoxy) is 1. The topological polar surface area (TPSA) is 76.2 Å². The van der Waals surface area contributed by atoms with Crippen molar-refractivity contribution in [3.63, 3.8) is 0 Å². The molecule has 0 fully saturated rings. The Balaban J connectivity index is 1.79. The molecule has 4 rings (SSSR count). The van der Waals surface area contributed by atoms with Gasteiger partial charge >= 0.3 is 5.97 Å². The van der Waals surface area contributed by atoms with Crippen molar-refractivity contribution < 1.29 is 22.3 Å². The number of sulfone groups is 1. The molecule has 1 aliphatic carbocycles. The lowest BCUT2D eigenvalue weighted by molar-refractivity contribution is -0.145. The highest BCUT2D eigenvalue weighted by Crippen LogP contribution is 2.42. The fraction of sp³-hybridized carbons (Fsp3) is 0.318. The maximum Gasteiger partial charge on any atom is 0.327 e. The van der Waals surface area contributed by atoms with Crippen molar-refractivity contribution in [2.24, 2.45) is 5.92 Å². The Bertz CT molecular complexity index is 1240. The summed E-state index contributed by atoms with van der Waals surface area (Å²) in [5.74, 6) is -1.89. The highest BCUT2D eigenvalue weighted by Gasteiger charge is 2.54. The van der Waals surface area contributed by atoms with Gasteiger partial charge in [-0.1, -0.05) is 11.6 Å². The molecule has 5 nitrogen and oxygen atoms in total. The monoisotopic (exact) mass is 449 g/mol. The summed E-state index contributed by atoms with van der Waals surface area (Å²) in [6.45, 7) is 1.41. The minimum atomic E-state index is -4.14. The SMILES string of the molecule is COC(=O)C(C)(C1CCc2c([nH]c3ccc(Cl)cc23)C1)S(=O)(=O)c1ccc(F)cc1. The Labute approximate surface area is 179 Å². The number of nitrogens with one attached hydrogen (secondary N) is 1. The summed E-state index contributed by atoms with van der Waals surface area (Å²) in [7, 11) is -2.96. The smallest absolute Gasteiger partial charge is 0.327 e. The number of aromatic amines is 1. The van der Waals surface area contributed by atoms with Crippen LogP contribution >= 0.6 is 11.6 Å². The average molecular weight is 450 g/mol. The van der Waals surface area contributed by atoms with Crippen LogP contribution in [0.25, 0.3) is 10.9 Å². The Hall–Kier alpha value is -2.38. The predicted octanol–water partition coefficient (Wildman–Crippen LogP) is 4.47. The number of H-pyrrole nitrogens is 1. The number of halogens is 2. The zero-order valence-corrected chi connectivity index (χ0v) is 18.1. The molecule has 158 valence electrons. The number of rotatable bonds is 4. The number of hydrogen-bond acceptors (Lipinski definition) is 4. The third-order valence-electron chi connectivity index (χ3n) is 6.20. The van der Waals surface area contributed by atoms with Gasteiger partial charge in [-0.3, -0.25) is 4.79 Å². The van der Waals surface area contributed by atoms with Gasteiger partial charge in [-0.2, -0.15) is 0 Å². The van der Waals surface area contributed by atoms with E-state index >= 15 is 0 Å². The van der Waals surface area contributed by atoms with E-state index in [-0.39, 0.29) is 4.90 Å². The van der Waals surface area contributed by atoms with Crippen molar-refractivity contribution in [2.75, 3.05) is 7.11 Å². The number of carbonyl (C=O) groups is 1. The molecule has 0 spiro atoms. The van der Waals surface area contributed by atoms with E-state index in [0.29, 0.717) is 24.3 Å². The van der Waals surface area contributed by atoms with Crippen LogP contribution in [0.3, 0.4) is 0 Å². The molecule has 0 radical (unpaired) electrons. The van der Waals surface area contributed by atoms with Crippen LogP contribution in [0.1, 0.15) is 24.6 Å². The van der Waals surface area contributed by atoms with Crippen molar-refractivity contribution in [1.82, 2.24) is 4.98 Å². The van der Waals surface area contributed by atoms with E-state index in [1.165, 1.54) is 26.2 Å². The number of benzene rings is 2. The maximum absolute atomic E-state index is 13.5. The summed E-state index contributed by atoms with van der Waals surface area (Å²) < 4.78 is 43.6. The minimum absolute atomic E-state index is 0.106. The second-order valence-electron chi connectivity index (χ2n) is 7.77. The van der Waals surface area contributed by atoms with Crippen molar-refractivity contribution in [1.29, 1.82) is 0 Å². The lowest BCUT2D eigenvalue weighted by Crippen LogP contribution is -2.52. The van der Waals surface area contributed by atoms with Crippen molar-refractivity contribution in [2.45, 2.75) is 35.8 Å². The largest absolute Gasteiger partial charge is 0.468 e. The molecule has 1 aromatic heterocycles. The molecule has 2 unspecified atom stereocenters. The van der Waals surface area contributed by atoms with E-state index in [1.807, 2.05) is 12.1 Å². The molecule has 0 aliphatic heterocycles. The lowest BCUT2D eigenvalue weighted by Gasteiger charge is -2.36. The van der Waals surface area contributed by atoms with Gasteiger partial charge in [0.1, 0.15) is 5.82 Å². The summed E-state index contributed by atoms with van der Waals surface area (Å²) in [5, 5.41) is 1.64. The zero-order valence-electron chi connectivity index (χ0n) is 16.5. The van der Waals surface area contributed by atoms with E-state index in [0.717, 1.165) is 34.3 Å². The number of aryl methyl sites for hydroxylation is 1. The molecule has 0 bridgehead atoms. The van der Waals surface area contributed by atoms with Crippen LogP contribution < -0.4 is 0 Å². The van der Waals surface area contributed by atoms with E-state index in [9.17, 15) is 17.6 Å². The molecule has 30 heavy (non-hydrogen) atoms. The number of aromatic nitrogens is 1. The van der Waals surface area contributed by atoms with Crippen molar-refractivity contribution >= 4 is 38.3 Å². The van der Waals surface area contributed by atoms with Crippen molar-refractivity contribution in [3.8, 4) is 0 Å². The maximum atomic E-state index is 13.5. The standard InChI is InChI=1S/C22H21ClFNO4S/c1-22(21(26)29-2,30(27,28)16-7-5-15(24)6-8-16)13-3-9-17-18-12-14(23)4-10-19(18)25-20(17)11-13/h4-8,10,12-13,25H,3,9,11H2,1-2H3. The first-order chi connectivity index (χ1) is 14.2. The van der Waals surface area contributed by atoms with Crippen molar-refractivity contribution in [3.05, 3.63) is 64.6 Å².